The molecule has 146 valence electrons. The summed E-state index contributed by atoms with van der Waals surface area (Å²) in [6.07, 6.45) is 1.09. The zero-order valence-electron chi connectivity index (χ0n) is 15.4. The number of rotatable bonds is 4. The minimum absolute atomic E-state index is 0.0442. The molecule has 0 fully saturated rings. The molecule has 1 aliphatic rings. The van der Waals surface area contributed by atoms with Crippen LogP contribution in [0.3, 0.4) is 0 Å². The van der Waals surface area contributed by atoms with Gasteiger partial charge in [0.1, 0.15) is 10.0 Å². The number of aromatic amines is 1. The summed E-state index contributed by atoms with van der Waals surface area (Å²) in [7, 11) is 1.80. The number of aromatic nitrogens is 1. The van der Waals surface area contributed by atoms with Gasteiger partial charge >= 0.3 is 0 Å². The Morgan fingerprint density at radius 2 is 2.07 bits per heavy atom. The van der Waals surface area contributed by atoms with E-state index >= 15 is 0 Å². The van der Waals surface area contributed by atoms with Gasteiger partial charge in [-0.15, -0.1) is 11.3 Å². The molecule has 0 unspecified atom stereocenters. The number of fused-ring (bicyclic) bond motifs is 2. The molecule has 2 heterocycles. The van der Waals surface area contributed by atoms with E-state index in [4.69, 9.17) is 23.2 Å². The summed E-state index contributed by atoms with van der Waals surface area (Å²) < 4.78 is 1.34. The van der Waals surface area contributed by atoms with Crippen molar-refractivity contribution in [2.75, 3.05) is 7.05 Å². The SMILES string of the molecule is CCC(=O)N(C)[C@@H]1c2ccccc2C[C@H]1NC(=O)c1cc2sc(Cl)c(Cl)c2[nH]1. The van der Waals surface area contributed by atoms with E-state index in [0.29, 0.717) is 33.4 Å². The zero-order chi connectivity index (χ0) is 20.0. The first-order valence-electron chi connectivity index (χ1n) is 9.01. The predicted molar refractivity (Wildman–Crippen MR) is 113 cm³/mol. The van der Waals surface area contributed by atoms with Crippen LogP contribution in [0.1, 0.15) is 41.0 Å². The number of hydrogen-bond acceptors (Lipinski definition) is 3. The molecule has 8 heteroatoms. The van der Waals surface area contributed by atoms with Crippen molar-refractivity contribution in [3.63, 3.8) is 0 Å². The maximum absolute atomic E-state index is 12.9. The topological polar surface area (TPSA) is 65.2 Å². The van der Waals surface area contributed by atoms with Crippen molar-refractivity contribution in [2.45, 2.75) is 31.8 Å². The molecule has 0 spiro atoms. The number of likely N-dealkylation sites (N-methyl/N-ethyl adjacent to an activating group) is 1. The van der Waals surface area contributed by atoms with E-state index in [1.165, 1.54) is 11.3 Å². The van der Waals surface area contributed by atoms with Gasteiger partial charge in [0.2, 0.25) is 5.91 Å². The summed E-state index contributed by atoms with van der Waals surface area (Å²) in [6.45, 7) is 1.84. The van der Waals surface area contributed by atoms with Gasteiger partial charge in [-0.2, -0.15) is 0 Å². The zero-order valence-corrected chi connectivity index (χ0v) is 17.7. The first-order chi connectivity index (χ1) is 13.4. The molecule has 2 atom stereocenters. The second-order valence-electron chi connectivity index (χ2n) is 6.90. The highest BCUT2D eigenvalue weighted by Gasteiger charge is 2.37. The van der Waals surface area contributed by atoms with Crippen LogP contribution in [-0.4, -0.2) is 34.8 Å². The molecular weight excluding hydrogens is 417 g/mol. The lowest BCUT2D eigenvalue weighted by molar-refractivity contribution is -0.132. The van der Waals surface area contributed by atoms with E-state index in [2.05, 4.69) is 10.3 Å². The van der Waals surface area contributed by atoms with Crippen LogP contribution in [0, 0.1) is 0 Å². The number of carbonyl (C=O) groups is 2. The normalized spacial score (nSPS) is 18.3. The van der Waals surface area contributed by atoms with Crippen LogP contribution in [0.5, 0.6) is 0 Å². The molecular formula is C20H19Cl2N3O2S. The molecule has 0 radical (unpaired) electrons. The molecule has 3 aromatic rings. The third-order valence-corrected chi connectivity index (χ3v) is 7.17. The summed E-state index contributed by atoms with van der Waals surface area (Å²) in [4.78, 5) is 30.0. The number of benzene rings is 1. The maximum Gasteiger partial charge on any atom is 0.268 e. The van der Waals surface area contributed by atoms with E-state index in [1.807, 2.05) is 31.2 Å². The van der Waals surface area contributed by atoms with E-state index in [9.17, 15) is 9.59 Å². The van der Waals surface area contributed by atoms with Crippen molar-refractivity contribution >= 4 is 56.6 Å². The molecule has 5 nitrogen and oxygen atoms in total. The second kappa shape index (κ2) is 7.43. The number of nitrogens with zero attached hydrogens (tertiary/aromatic N) is 1. The lowest BCUT2D eigenvalue weighted by atomic mass is 10.0. The van der Waals surface area contributed by atoms with Gasteiger partial charge in [0, 0.05) is 13.5 Å². The average Bonchev–Trinajstić information content (AvgIpc) is 3.33. The van der Waals surface area contributed by atoms with E-state index in [1.54, 1.807) is 18.0 Å². The third-order valence-electron chi connectivity index (χ3n) is 5.24. The molecule has 4 rings (SSSR count). The summed E-state index contributed by atoms with van der Waals surface area (Å²) in [6, 6.07) is 9.37. The van der Waals surface area contributed by atoms with Crippen molar-refractivity contribution in [1.29, 1.82) is 0 Å². The molecule has 28 heavy (non-hydrogen) atoms. The van der Waals surface area contributed by atoms with Crippen molar-refractivity contribution in [3.8, 4) is 0 Å². The Labute approximate surface area is 176 Å². The van der Waals surface area contributed by atoms with Gasteiger partial charge < -0.3 is 15.2 Å². The lowest BCUT2D eigenvalue weighted by Crippen LogP contribution is -2.45. The fourth-order valence-corrected chi connectivity index (χ4v) is 5.36. The summed E-state index contributed by atoms with van der Waals surface area (Å²) in [5.41, 5.74) is 3.33. The Morgan fingerprint density at radius 3 is 2.79 bits per heavy atom. The van der Waals surface area contributed by atoms with Crippen LogP contribution in [0.2, 0.25) is 9.36 Å². The largest absolute Gasteiger partial charge is 0.349 e. The van der Waals surface area contributed by atoms with Crippen molar-refractivity contribution in [1.82, 2.24) is 15.2 Å². The van der Waals surface area contributed by atoms with Gasteiger partial charge in [-0.25, -0.2) is 0 Å². The first-order valence-corrected chi connectivity index (χ1v) is 10.6. The summed E-state index contributed by atoms with van der Waals surface area (Å²) in [5, 5.41) is 3.53. The van der Waals surface area contributed by atoms with E-state index < -0.39 is 0 Å². The number of thiophene rings is 1. The van der Waals surface area contributed by atoms with Gasteiger partial charge in [-0.1, -0.05) is 54.4 Å². The fraction of sp³-hybridized carbons (Fsp3) is 0.300. The number of halogens is 2. The van der Waals surface area contributed by atoms with Crippen molar-refractivity contribution in [2.24, 2.45) is 0 Å². The lowest BCUT2D eigenvalue weighted by Gasteiger charge is -2.31. The van der Waals surface area contributed by atoms with Crippen LogP contribution in [0.25, 0.3) is 10.2 Å². The molecule has 0 saturated heterocycles. The highest BCUT2D eigenvalue weighted by atomic mass is 35.5. The Bertz CT molecular complexity index is 1070. The summed E-state index contributed by atoms with van der Waals surface area (Å²) in [5.74, 6) is -0.182. The van der Waals surface area contributed by atoms with Crippen LogP contribution >= 0.6 is 34.5 Å². The minimum atomic E-state index is -0.226. The molecule has 0 bridgehead atoms. The Kier molecular flexibility index (Phi) is 5.12. The first kappa shape index (κ1) is 19.3. The smallest absolute Gasteiger partial charge is 0.268 e. The molecule has 0 saturated carbocycles. The number of hydrogen-bond donors (Lipinski definition) is 2. The van der Waals surface area contributed by atoms with Gasteiger partial charge in [-0.3, -0.25) is 9.59 Å². The van der Waals surface area contributed by atoms with Crippen LogP contribution in [-0.2, 0) is 11.2 Å². The van der Waals surface area contributed by atoms with Crippen molar-refractivity contribution < 1.29 is 9.59 Å². The Balaban J connectivity index is 1.61. The molecule has 1 aliphatic carbocycles. The number of amides is 2. The van der Waals surface area contributed by atoms with Gasteiger partial charge in [0.05, 0.1) is 27.3 Å². The van der Waals surface area contributed by atoms with Crippen LogP contribution < -0.4 is 5.32 Å². The molecule has 2 aromatic heterocycles. The highest BCUT2D eigenvalue weighted by Crippen LogP contribution is 2.39. The molecule has 2 N–H and O–H groups in total. The predicted octanol–water partition coefficient (Wildman–Crippen LogP) is 4.80. The minimum Gasteiger partial charge on any atom is -0.349 e. The Hall–Kier alpha value is -2.02. The highest BCUT2D eigenvalue weighted by molar-refractivity contribution is 7.23. The van der Waals surface area contributed by atoms with Crippen LogP contribution in [0.15, 0.2) is 30.3 Å². The maximum atomic E-state index is 12.9. The number of nitrogens with one attached hydrogen (secondary N) is 2. The molecule has 2 amide bonds. The van der Waals surface area contributed by atoms with Gasteiger partial charge in [-0.05, 0) is 23.6 Å². The summed E-state index contributed by atoms with van der Waals surface area (Å²) >= 11 is 13.5. The van der Waals surface area contributed by atoms with E-state index in [-0.39, 0.29) is 23.9 Å². The standard InChI is InChI=1S/C20H19Cl2N3O2S/c1-3-15(26)25(2)18-11-7-5-4-6-10(11)8-12(18)24-20(27)13-9-14-17(23-13)16(21)19(22)28-14/h4-7,9,12,18,23H,3,8H2,1-2H3,(H,24,27)/t12-,18-/m1/s1. The number of H-pyrrole nitrogens is 1. The molecule has 0 aliphatic heterocycles. The fourth-order valence-electron chi connectivity index (χ4n) is 3.87. The van der Waals surface area contributed by atoms with E-state index in [0.717, 1.165) is 15.8 Å². The van der Waals surface area contributed by atoms with Crippen LogP contribution in [0.4, 0.5) is 0 Å². The van der Waals surface area contributed by atoms with Gasteiger partial charge in [0.15, 0.2) is 0 Å². The Morgan fingerprint density at radius 1 is 1.32 bits per heavy atom. The van der Waals surface area contributed by atoms with Crippen molar-refractivity contribution in [3.05, 3.63) is 56.5 Å². The monoisotopic (exact) mass is 435 g/mol. The average molecular weight is 436 g/mol. The molecule has 1 aromatic carbocycles. The quantitative estimate of drug-likeness (QED) is 0.617. The third kappa shape index (κ3) is 3.19. The number of carbonyl (C=O) groups excluding carboxylic acids is 2. The van der Waals surface area contributed by atoms with Gasteiger partial charge in [0.25, 0.3) is 5.91 Å². The second-order valence-corrected chi connectivity index (χ2v) is 8.93.